The number of carbonyl (C=O) groups is 2. The Morgan fingerprint density at radius 3 is 2.67 bits per heavy atom. The van der Waals surface area contributed by atoms with Crippen molar-refractivity contribution in [3.8, 4) is 5.75 Å². The minimum atomic E-state index is -0.414. The van der Waals surface area contributed by atoms with E-state index in [1.54, 1.807) is 29.5 Å². The summed E-state index contributed by atoms with van der Waals surface area (Å²) in [6.45, 7) is 5.59. The quantitative estimate of drug-likeness (QED) is 0.402. The molecule has 1 amide bonds. The fourth-order valence-electron chi connectivity index (χ4n) is 2.81. The number of nitrogens with one attached hydrogen (secondary N) is 1. The van der Waals surface area contributed by atoms with Crippen LogP contribution in [0, 0.1) is 0 Å². The fraction of sp³-hybridized carbons (Fsp3) is 0.208. The Morgan fingerprint density at radius 1 is 1.13 bits per heavy atom. The van der Waals surface area contributed by atoms with Gasteiger partial charge in [0, 0.05) is 23.6 Å². The number of aromatic nitrogens is 1. The highest BCUT2D eigenvalue weighted by Gasteiger charge is 2.11. The van der Waals surface area contributed by atoms with Crippen LogP contribution in [0.3, 0.4) is 0 Å². The van der Waals surface area contributed by atoms with E-state index in [0.717, 1.165) is 16.3 Å². The molecule has 0 radical (unpaired) electrons. The maximum atomic E-state index is 12.5. The first-order chi connectivity index (χ1) is 14.4. The molecule has 5 nitrogen and oxygen atoms in total. The third-order valence-corrected chi connectivity index (χ3v) is 5.13. The van der Waals surface area contributed by atoms with Crippen LogP contribution < -0.4 is 10.1 Å². The number of nitrogens with zero attached hydrogens (tertiary/aromatic N) is 1. The number of hydrogen-bond donors (Lipinski definition) is 1. The van der Waals surface area contributed by atoms with E-state index >= 15 is 0 Å². The maximum Gasteiger partial charge on any atom is 0.308 e. The summed E-state index contributed by atoms with van der Waals surface area (Å²) in [7, 11) is 0. The molecular formula is C24H24N2O3S. The molecule has 30 heavy (non-hydrogen) atoms. The Morgan fingerprint density at radius 2 is 1.93 bits per heavy atom. The predicted octanol–water partition coefficient (Wildman–Crippen LogP) is 5.54. The molecule has 0 saturated heterocycles. The van der Waals surface area contributed by atoms with E-state index in [1.807, 2.05) is 42.5 Å². The second-order valence-corrected chi connectivity index (χ2v) is 8.04. The van der Waals surface area contributed by atoms with Crippen LogP contribution in [0.15, 0.2) is 53.9 Å². The van der Waals surface area contributed by atoms with E-state index in [2.05, 4.69) is 29.5 Å². The molecule has 154 valence electrons. The Hall–Kier alpha value is -3.25. The smallest absolute Gasteiger partial charge is 0.308 e. The van der Waals surface area contributed by atoms with Crippen molar-refractivity contribution in [1.82, 2.24) is 4.98 Å². The van der Waals surface area contributed by atoms with Gasteiger partial charge in [-0.3, -0.25) is 9.59 Å². The molecule has 0 bridgehead atoms. The molecule has 1 heterocycles. The molecule has 3 aromatic rings. The van der Waals surface area contributed by atoms with Crippen molar-refractivity contribution in [1.29, 1.82) is 0 Å². The fourth-order valence-corrected chi connectivity index (χ4v) is 3.68. The van der Waals surface area contributed by atoms with Gasteiger partial charge < -0.3 is 10.1 Å². The van der Waals surface area contributed by atoms with Crippen LogP contribution >= 0.6 is 11.3 Å². The highest BCUT2D eigenvalue weighted by molar-refractivity contribution is 7.10. The highest BCUT2D eigenvalue weighted by atomic mass is 32.1. The number of anilines is 1. The summed E-state index contributed by atoms with van der Waals surface area (Å²) in [5.41, 5.74) is 3.42. The number of para-hydroxylation sites is 1. The molecule has 0 spiro atoms. The average molecular weight is 421 g/mol. The van der Waals surface area contributed by atoms with Gasteiger partial charge in [0.25, 0.3) is 0 Å². The molecule has 6 heteroatoms. The predicted molar refractivity (Wildman–Crippen MR) is 122 cm³/mol. The van der Waals surface area contributed by atoms with Crippen LogP contribution in [-0.2, 0) is 16.0 Å². The van der Waals surface area contributed by atoms with Crippen LogP contribution in [0.25, 0.3) is 12.2 Å². The largest absolute Gasteiger partial charge is 0.426 e. The van der Waals surface area contributed by atoms with Crippen LogP contribution in [0.4, 0.5) is 5.69 Å². The van der Waals surface area contributed by atoms with E-state index in [4.69, 9.17) is 4.74 Å². The molecule has 0 fully saturated rings. The maximum absolute atomic E-state index is 12.5. The number of amides is 1. The number of carbonyl (C=O) groups excluding carboxylic acids is 2. The summed E-state index contributed by atoms with van der Waals surface area (Å²) in [6, 6.07) is 14.6. The van der Waals surface area contributed by atoms with E-state index < -0.39 is 5.97 Å². The van der Waals surface area contributed by atoms with Gasteiger partial charge in [-0.25, -0.2) is 4.98 Å². The molecule has 1 N–H and O–H groups in total. The number of ether oxygens (including phenoxy) is 1. The summed E-state index contributed by atoms with van der Waals surface area (Å²) < 4.78 is 5.17. The van der Waals surface area contributed by atoms with Crippen molar-refractivity contribution in [2.24, 2.45) is 0 Å². The molecule has 0 aliphatic carbocycles. The Labute approximate surface area is 180 Å². The molecule has 0 aliphatic rings. The Balaban J connectivity index is 1.65. The van der Waals surface area contributed by atoms with Gasteiger partial charge in [0.1, 0.15) is 10.8 Å². The van der Waals surface area contributed by atoms with Crippen LogP contribution in [-0.4, -0.2) is 16.9 Å². The van der Waals surface area contributed by atoms with Crippen molar-refractivity contribution in [2.75, 3.05) is 5.32 Å². The van der Waals surface area contributed by atoms with Gasteiger partial charge in [0.2, 0.25) is 5.91 Å². The van der Waals surface area contributed by atoms with Gasteiger partial charge in [-0.1, -0.05) is 50.3 Å². The molecular weight excluding hydrogens is 396 g/mol. The third kappa shape index (κ3) is 6.12. The van der Waals surface area contributed by atoms with Gasteiger partial charge in [-0.2, -0.15) is 0 Å². The second-order valence-electron chi connectivity index (χ2n) is 7.15. The molecule has 0 aliphatic heterocycles. The normalized spacial score (nSPS) is 11.1. The van der Waals surface area contributed by atoms with E-state index in [1.165, 1.54) is 6.92 Å². The first-order valence-corrected chi connectivity index (χ1v) is 10.6. The first-order valence-electron chi connectivity index (χ1n) is 9.70. The second kappa shape index (κ2) is 9.98. The molecule has 2 aromatic carbocycles. The standard InChI is InChI=1S/C24H24N2O3S/c1-16(2)21-15-30-24(26-21)12-11-18-7-6-9-20(13-18)25-23(28)14-19-8-4-5-10-22(19)29-17(3)27/h4-13,15-16H,14H2,1-3H3,(H,25,28)/b12-11+. The number of rotatable bonds is 7. The van der Waals surface area contributed by atoms with Crippen LogP contribution in [0.1, 0.15) is 48.5 Å². The highest BCUT2D eigenvalue weighted by Crippen LogP contribution is 2.21. The monoisotopic (exact) mass is 420 g/mol. The number of benzene rings is 2. The molecule has 1 aromatic heterocycles. The lowest BCUT2D eigenvalue weighted by atomic mass is 10.1. The average Bonchev–Trinajstić information content (AvgIpc) is 3.17. The lowest BCUT2D eigenvalue weighted by molar-refractivity contribution is -0.132. The lowest BCUT2D eigenvalue weighted by Crippen LogP contribution is -2.15. The minimum Gasteiger partial charge on any atom is -0.426 e. The molecule has 0 saturated carbocycles. The molecule has 0 unspecified atom stereocenters. The minimum absolute atomic E-state index is 0.112. The third-order valence-electron chi connectivity index (χ3n) is 4.30. The summed E-state index contributed by atoms with van der Waals surface area (Å²) in [5, 5.41) is 5.93. The first kappa shape index (κ1) is 21.5. The van der Waals surface area contributed by atoms with Crippen molar-refractivity contribution in [3.05, 3.63) is 75.7 Å². The van der Waals surface area contributed by atoms with E-state index in [0.29, 0.717) is 22.9 Å². The molecule has 3 rings (SSSR count). The van der Waals surface area contributed by atoms with Crippen molar-refractivity contribution in [3.63, 3.8) is 0 Å². The Bertz CT molecular complexity index is 1070. The zero-order chi connectivity index (χ0) is 21.5. The summed E-state index contributed by atoms with van der Waals surface area (Å²) in [5.74, 6) is 0.217. The zero-order valence-corrected chi connectivity index (χ0v) is 18.0. The summed E-state index contributed by atoms with van der Waals surface area (Å²) in [6.07, 6.45) is 4.07. The number of hydrogen-bond acceptors (Lipinski definition) is 5. The summed E-state index contributed by atoms with van der Waals surface area (Å²) >= 11 is 1.62. The lowest BCUT2D eigenvalue weighted by Gasteiger charge is -2.10. The SMILES string of the molecule is CC(=O)Oc1ccccc1CC(=O)Nc1cccc(/C=C/c2nc(C(C)C)cs2)c1. The van der Waals surface area contributed by atoms with Crippen molar-refractivity contribution >= 4 is 41.1 Å². The van der Waals surface area contributed by atoms with Gasteiger partial charge >= 0.3 is 5.97 Å². The summed E-state index contributed by atoms with van der Waals surface area (Å²) in [4.78, 5) is 28.3. The number of esters is 1. The van der Waals surface area contributed by atoms with Crippen LogP contribution in [0.2, 0.25) is 0 Å². The van der Waals surface area contributed by atoms with Gasteiger partial charge in [-0.15, -0.1) is 11.3 Å². The van der Waals surface area contributed by atoms with Gasteiger partial charge in [0.15, 0.2) is 0 Å². The van der Waals surface area contributed by atoms with E-state index in [9.17, 15) is 9.59 Å². The van der Waals surface area contributed by atoms with Gasteiger partial charge in [0.05, 0.1) is 12.1 Å². The topological polar surface area (TPSA) is 68.3 Å². The zero-order valence-electron chi connectivity index (χ0n) is 17.2. The van der Waals surface area contributed by atoms with Gasteiger partial charge in [-0.05, 0) is 35.8 Å². The van der Waals surface area contributed by atoms with E-state index in [-0.39, 0.29) is 12.3 Å². The Kier molecular flexibility index (Phi) is 7.14. The van der Waals surface area contributed by atoms with Crippen molar-refractivity contribution < 1.29 is 14.3 Å². The van der Waals surface area contributed by atoms with Crippen molar-refractivity contribution in [2.45, 2.75) is 33.1 Å². The molecule has 0 atom stereocenters. The van der Waals surface area contributed by atoms with Crippen LogP contribution in [0.5, 0.6) is 5.75 Å². The number of thiazole rings is 1.